The Hall–Kier alpha value is -3.29. The molecule has 29 heavy (non-hydrogen) atoms. The van der Waals surface area contributed by atoms with Crippen LogP contribution in [0.2, 0.25) is 0 Å². The van der Waals surface area contributed by atoms with Gasteiger partial charge in [-0.3, -0.25) is 4.79 Å². The first-order chi connectivity index (χ1) is 13.7. The summed E-state index contributed by atoms with van der Waals surface area (Å²) in [6.45, 7) is 1.84. The topological polar surface area (TPSA) is 53.4 Å². The predicted molar refractivity (Wildman–Crippen MR) is 102 cm³/mol. The lowest BCUT2D eigenvalue weighted by Gasteiger charge is -2.16. The molecule has 0 unspecified atom stereocenters. The number of halogens is 3. The van der Waals surface area contributed by atoms with Crippen LogP contribution in [-0.2, 0) is 12.7 Å². The summed E-state index contributed by atoms with van der Waals surface area (Å²) in [7, 11) is 2.80. The molecule has 3 aromatic rings. The Morgan fingerprint density at radius 2 is 1.66 bits per heavy atom. The van der Waals surface area contributed by atoms with Crippen LogP contribution in [0.1, 0.15) is 16.7 Å². The number of hydrogen-bond acceptors (Lipinski definition) is 4. The Morgan fingerprint density at radius 1 is 1.00 bits per heavy atom. The van der Waals surface area contributed by atoms with E-state index in [0.29, 0.717) is 11.3 Å². The van der Waals surface area contributed by atoms with Crippen LogP contribution in [0.4, 0.5) is 13.2 Å². The number of nitrogens with zero attached hydrogens (tertiary/aromatic N) is 2. The zero-order chi connectivity index (χ0) is 21.2. The van der Waals surface area contributed by atoms with E-state index in [9.17, 15) is 18.0 Å². The van der Waals surface area contributed by atoms with Gasteiger partial charge in [0.05, 0.1) is 27.0 Å². The first kappa shape index (κ1) is 20.4. The molecule has 1 heterocycles. The summed E-state index contributed by atoms with van der Waals surface area (Å²) in [5.41, 5.74) is -0.950. The number of benzene rings is 2. The van der Waals surface area contributed by atoms with Gasteiger partial charge in [-0.2, -0.15) is 18.3 Å². The minimum Gasteiger partial charge on any atom is -0.493 e. The fraction of sp³-hybridized carbons (Fsp3) is 0.238. The van der Waals surface area contributed by atoms with Crippen LogP contribution in [-0.4, -0.2) is 24.0 Å². The number of hydrogen-bond donors (Lipinski definition) is 0. The molecule has 2 aromatic carbocycles. The number of alkyl halides is 3. The molecule has 5 nitrogen and oxygen atoms in total. The highest BCUT2D eigenvalue weighted by atomic mass is 19.4. The average molecular weight is 404 g/mol. The summed E-state index contributed by atoms with van der Waals surface area (Å²) in [5.74, 6) is 0.618. The highest BCUT2D eigenvalue weighted by molar-refractivity contribution is 5.69. The minimum absolute atomic E-state index is 0.0611. The summed E-state index contributed by atoms with van der Waals surface area (Å²) in [4.78, 5) is 12.7. The largest absolute Gasteiger partial charge is 0.493 e. The number of aryl methyl sites for hydroxylation is 1. The third kappa shape index (κ3) is 4.26. The Bertz CT molecular complexity index is 1070. The van der Waals surface area contributed by atoms with Gasteiger partial charge in [-0.25, -0.2) is 4.68 Å². The SMILES string of the molecule is COc1ccc(-c2cnn(Cc3ccc(C)cc3)c(=O)c2C(F)(F)F)cc1OC. The second kappa shape index (κ2) is 7.98. The zero-order valence-electron chi connectivity index (χ0n) is 16.1. The van der Waals surface area contributed by atoms with E-state index in [1.54, 1.807) is 12.1 Å². The van der Waals surface area contributed by atoms with Crippen molar-refractivity contribution in [2.24, 2.45) is 0 Å². The summed E-state index contributed by atoms with van der Waals surface area (Å²) in [6.07, 6.45) is -3.79. The van der Waals surface area contributed by atoms with Crippen LogP contribution in [0, 0.1) is 6.92 Å². The highest BCUT2D eigenvalue weighted by Gasteiger charge is 2.38. The van der Waals surface area contributed by atoms with Gasteiger partial charge in [-0.1, -0.05) is 35.9 Å². The van der Waals surface area contributed by atoms with Gasteiger partial charge in [0.2, 0.25) is 0 Å². The molecule has 0 radical (unpaired) electrons. The molecule has 0 bridgehead atoms. The van der Waals surface area contributed by atoms with E-state index >= 15 is 0 Å². The standard InChI is InChI=1S/C21H19F3N2O3/c1-13-4-6-14(7-5-13)12-26-20(27)19(21(22,23)24)16(11-25-26)15-8-9-17(28-2)18(10-15)29-3/h4-11H,12H2,1-3H3. The average Bonchev–Trinajstić information content (AvgIpc) is 2.69. The van der Waals surface area contributed by atoms with Crippen molar-refractivity contribution in [3.63, 3.8) is 0 Å². The van der Waals surface area contributed by atoms with Crippen molar-refractivity contribution in [3.8, 4) is 22.6 Å². The lowest BCUT2D eigenvalue weighted by atomic mass is 10.0. The van der Waals surface area contributed by atoms with Crippen LogP contribution < -0.4 is 15.0 Å². The van der Waals surface area contributed by atoms with E-state index in [2.05, 4.69) is 5.10 Å². The van der Waals surface area contributed by atoms with Gasteiger partial charge in [0, 0.05) is 5.56 Å². The van der Waals surface area contributed by atoms with Crippen LogP contribution in [0.3, 0.4) is 0 Å². The Morgan fingerprint density at radius 3 is 2.24 bits per heavy atom. The minimum atomic E-state index is -4.85. The van der Waals surface area contributed by atoms with Crippen molar-refractivity contribution in [1.29, 1.82) is 0 Å². The van der Waals surface area contributed by atoms with Crippen LogP contribution in [0.15, 0.2) is 53.5 Å². The molecule has 0 aliphatic heterocycles. The molecule has 0 saturated heterocycles. The van der Waals surface area contributed by atoms with Crippen LogP contribution in [0.25, 0.3) is 11.1 Å². The first-order valence-corrected chi connectivity index (χ1v) is 8.70. The van der Waals surface area contributed by atoms with E-state index in [0.717, 1.165) is 16.4 Å². The fourth-order valence-corrected chi connectivity index (χ4v) is 2.96. The molecule has 0 fully saturated rings. The molecule has 0 N–H and O–H groups in total. The molecule has 3 rings (SSSR count). The van der Waals surface area contributed by atoms with Gasteiger partial charge in [0.1, 0.15) is 5.56 Å². The Labute approximate surface area is 165 Å². The molecule has 0 saturated carbocycles. The Balaban J connectivity index is 2.13. The van der Waals surface area contributed by atoms with Crippen molar-refractivity contribution < 1.29 is 22.6 Å². The second-order valence-corrected chi connectivity index (χ2v) is 6.45. The zero-order valence-corrected chi connectivity index (χ0v) is 16.1. The summed E-state index contributed by atoms with van der Waals surface area (Å²) in [5, 5.41) is 3.98. The van der Waals surface area contributed by atoms with Gasteiger partial charge in [-0.05, 0) is 30.2 Å². The van der Waals surface area contributed by atoms with Gasteiger partial charge in [0.15, 0.2) is 11.5 Å². The maximum atomic E-state index is 13.8. The number of ether oxygens (including phenoxy) is 2. The summed E-state index contributed by atoms with van der Waals surface area (Å²) < 4.78 is 52.5. The Kier molecular flexibility index (Phi) is 5.63. The molecule has 8 heteroatoms. The second-order valence-electron chi connectivity index (χ2n) is 6.45. The van der Waals surface area contributed by atoms with Gasteiger partial charge in [0.25, 0.3) is 5.56 Å². The van der Waals surface area contributed by atoms with E-state index in [1.165, 1.54) is 32.4 Å². The quantitative estimate of drug-likeness (QED) is 0.636. The lowest BCUT2D eigenvalue weighted by Crippen LogP contribution is -2.31. The summed E-state index contributed by atoms with van der Waals surface area (Å²) >= 11 is 0. The molecule has 0 aliphatic rings. The fourth-order valence-electron chi connectivity index (χ4n) is 2.96. The normalized spacial score (nSPS) is 11.4. The maximum Gasteiger partial charge on any atom is 0.422 e. The van der Waals surface area contributed by atoms with Crippen LogP contribution in [0.5, 0.6) is 11.5 Å². The van der Waals surface area contributed by atoms with E-state index in [1.807, 2.05) is 19.1 Å². The number of rotatable bonds is 5. The smallest absolute Gasteiger partial charge is 0.422 e. The molecule has 152 valence electrons. The molecule has 1 aromatic heterocycles. The molecular weight excluding hydrogens is 385 g/mol. The highest BCUT2D eigenvalue weighted by Crippen LogP contribution is 2.37. The predicted octanol–water partition coefficient (Wildman–Crippen LogP) is 4.30. The van der Waals surface area contributed by atoms with Gasteiger partial charge >= 0.3 is 6.18 Å². The monoisotopic (exact) mass is 404 g/mol. The third-order valence-electron chi connectivity index (χ3n) is 4.47. The van der Waals surface area contributed by atoms with Gasteiger partial charge < -0.3 is 9.47 Å². The summed E-state index contributed by atoms with van der Waals surface area (Å²) in [6, 6.07) is 11.4. The van der Waals surface area contributed by atoms with Crippen molar-refractivity contribution >= 4 is 0 Å². The van der Waals surface area contributed by atoms with Crippen molar-refractivity contribution in [2.75, 3.05) is 14.2 Å². The molecule has 0 aliphatic carbocycles. The molecular formula is C21H19F3N2O3. The molecule has 0 amide bonds. The number of methoxy groups -OCH3 is 2. The maximum absolute atomic E-state index is 13.8. The lowest BCUT2D eigenvalue weighted by molar-refractivity contribution is -0.138. The van der Waals surface area contributed by atoms with Gasteiger partial charge in [-0.15, -0.1) is 0 Å². The van der Waals surface area contributed by atoms with Crippen molar-refractivity contribution in [2.45, 2.75) is 19.6 Å². The van der Waals surface area contributed by atoms with E-state index < -0.39 is 17.3 Å². The van der Waals surface area contributed by atoms with E-state index in [-0.39, 0.29) is 23.4 Å². The van der Waals surface area contributed by atoms with Crippen LogP contribution >= 0.6 is 0 Å². The first-order valence-electron chi connectivity index (χ1n) is 8.70. The van der Waals surface area contributed by atoms with E-state index in [4.69, 9.17) is 9.47 Å². The number of aromatic nitrogens is 2. The molecule has 0 spiro atoms. The van der Waals surface area contributed by atoms with Crippen molar-refractivity contribution in [3.05, 3.63) is 75.7 Å². The third-order valence-corrected chi connectivity index (χ3v) is 4.47. The van der Waals surface area contributed by atoms with Crippen molar-refractivity contribution in [1.82, 2.24) is 9.78 Å². The molecule has 0 atom stereocenters.